The zero-order valence-corrected chi connectivity index (χ0v) is 8.95. The Balaban J connectivity index is 3.08. The van der Waals surface area contributed by atoms with E-state index in [1.807, 2.05) is 0 Å². The maximum Gasteiger partial charge on any atom is 0.235 e. The minimum Gasteiger partial charge on any atom is -0.369 e. The molecule has 88 valence electrons. The molecular formula is C11H11N3O3. The van der Waals surface area contributed by atoms with Crippen LogP contribution in [0.5, 0.6) is 0 Å². The Bertz CT molecular complexity index is 453. The number of primary amides is 1. The van der Waals surface area contributed by atoms with Crippen molar-refractivity contribution >= 4 is 5.91 Å². The highest BCUT2D eigenvalue weighted by Crippen LogP contribution is 2.24. The van der Waals surface area contributed by atoms with Crippen molar-refractivity contribution < 1.29 is 9.72 Å². The Morgan fingerprint density at radius 1 is 1.47 bits per heavy atom. The molecule has 0 aliphatic heterocycles. The second kappa shape index (κ2) is 5.61. The molecule has 0 heterocycles. The van der Waals surface area contributed by atoms with Crippen LogP contribution in [0.15, 0.2) is 30.3 Å². The predicted octanol–water partition coefficient (Wildman–Crippen LogP) is 0.672. The van der Waals surface area contributed by atoms with Gasteiger partial charge in [-0.25, -0.2) is 0 Å². The Hall–Kier alpha value is -2.42. The lowest BCUT2D eigenvalue weighted by molar-refractivity contribution is -0.484. The van der Waals surface area contributed by atoms with Crippen molar-refractivity contribution in [1.29, 1.82) is 5.26 Å². The maximum absolute atomic E-state index is 11.1. The average Bonchev–Trinajstić information content (AvgIpc) is 2.29. The van der Waals surface area contributed by atoms with E-state index in [1.165, 1.54) is 0 Å². The molecule has 0 fully saturated rings. The highest BCUT2D eigenvalue weighted by molar-refractivity contribution is 5.80. The first kappa shape index (κ1) is 12.6. The third-order valence-corrected chi connectivity index (χ3v) is 2.42. The smallest absolute Gasteiger partial charge is 0.235 e. The van der Waals surface area contributed by atoms with Crippen molar-refractivity contribution in [3.63, 3.8) is 0 Å². The van der Waals surface area contributed by atoms with Gasteiger partial charge < -0.3 is 5.73 Å². The summed E-state index contributed by atoms with van der Waals surface area (Å²) in [6, 6.07) is 10.1. The molecule has 0 aliphatic carbocycles. The standard InChI is InChI=1S/C11H11N3O3/c12-6-9(11(13)15)10(7-14(16)17)8-4-2-1-3-5-8/h1-5,9-10H,7H2,(H2,13,15). The molecule has 17 heavy (non-hydrogen) atoms. The van der Waals surface area contributed by atoms with Gasteiger partial charge in [-0.3, -0.25) is 14.9 Å². The highest BCUT2D eigenvalue weighted by Gasteiger charge is 2.31. The number of carbonyl (C=O) groups is 1. The van der Waals surface area contributed by atoms with E-state index in [2.05, 4.69) is 0 Å². The van der Waals surface area contributed by atoms with Gasteiger partial charge in [0.25, 0.3) is 0 Å². The molecule has 0 aromatic heterocycles. The maximum atomic E-state index is 11.1. The summed E-state index contributed by atoms with van der Waals surface area (Å²) < 4.78 is 0. The Morgan fingerprint density at radius 2 is 2.06 bits per heavy atom. The molecule has 1 amide bonds. The third-order valence-electron chi connectivity index (χ3n) is 2.42. The summed E-state index contributed by atoms with van der Waals surface area (Å²) in [5.41, 5.74) is 5.64. The fourth-order valence-corrected chi connectivity index (χ4v) is 1.62. The van der Waals surface area contributed by atoms with E-state index in [4.69, 9.17) is 11.0 Å². The summed E-state index contributed by atoms with van der Waals surface area (Å²) >= 11 is 0. The van der Waals surface area contributed by atoms with Gasteiger partial charge in [0, 0.05) is 4.92 Å². The van der Waals surface area contributed by atoms with Gasteiger partial charge in [0.15, 0.2) is 0 Å². The van der Waals surface area contributed by atoms with Crippen LogP contribution in [0.3, 0.4) is 0 Å². The van der Waals surface area contributed by atoms with Crippen molar-refractivity contribution in [2.45, 2.75) is 5.92 Å². The van der Waals surface area contributed by atoms with Gasteiger partial charge in [0.1, 0.15) is 5.92 Å². The van der Waals surface area contributed by atoms with Gasteiger partial charge in [-0.2, -0.15) is 5.26 Å². The molecule has 1 aromatic carbocycles. The van der Waals surface area contributed by atoms with E-state index in [-0.39, 0.29) is 0 Å². The lowest BCUT2D eigenvalue weighted by Gasteiger charge is -2.15. The second-order valence-corrected chi connectivity index (χ2v) is 3.54. The van der Waals surface area contributed by atoms with E-state index in [0.29, 0.717) is 5.56 Å². The second-order valence-electron chi connectivity index (χ2n) is 3.54. The van der Waals surface area contributed by atoms with E-state index < -0.39 is 29.2 Å². The number of rotatable bonds is 5. The molecule has 0 spiro atoms. The first-order chi connectivity index (χ1) is 8.06. The largest absolute Gasteiger partial charge is 0.369 e. The first-order valence-electron chi connectivity index (χ1n) is 4.92. The van der Waals surface area contributed by atoms with Crippen LogP contribution in [0.1, 0.15) is 11.5 Å². The highest BCUT2D eigenvalue weighted by atomic mass is 16.6. The van der Waals surface area contributed by atoms with E-state index >= 15 is 0 Å². The fourth-order valence-electron chi connectivity index (χ4n) is 1.62. The number of hydrogen-bond donors (Lipinski definition) is 1. The van der Waals surface area contributed by atoms with Crippen molar-refractivity contribution in [3.8, 4) is 6.07 Å². The number of amides is 1. The van der Waals surface area contributed by atoms with Gasteiger partial charge >= 0.3 is 0 Å². The van der Waals surface area contributed by atoms with Gasteiger partial charge in [0.05, 0.1) is 12.0 Å². The van der Waals surface area contributed by atoms with Crippen molar-refractivity contribution in [3.05, 3.63) is 46.0 Å². The quantitative estimate of drug-likeness (QED) is 0.595. The molecule has 0 saturated heterocycles. The number of hydrogen-bond acceptors (Lipinski definition) is 4. The Kier molecular flexibility index (Phi) is 4.17. The molecule has 0 saturated carbocycles. The fraction of sp³-hybridized carbons (Fsp3) is 0.273. The normalized spacial score (nSPS) is 13.4. The van der Waals surface area contributed by atoms with E-state index in [0.717, 1.165) is 0 Å². The Morgan fingerprint density at radius 3 is 2.47 bits per heavy atom. The molecule has 0 radical (unpaired) electrons. The Labute approximate surface area is 97.8 Å². The molecule has 1 aromatic rings. The number of nitriles is 1. The van der Waals surface area contributed by atoms with Crippen LogP contribution in [0.25, 0.3) is 0 Å². The molecule has 0 aliphatic rings. The van der Waals surface area contributed by atoms with Crippen LogP contribution >= 0.6 is 0 Å². The number of nitro groups is 1. The summed E-state index contributed by atoms with van der Waals surface area (Å²) in [6.45, 7) is -0.495. The molecule has 0 bridgehead atoms. The minimum atomic E-state index is -1.19. The molecule has 1 rings (SSSR count). The zero-order chi connectivity index (χ0) is 12.8. The van der Waals surface area contributed by atoms with Gasteiger partial charge in [-0.15, -0.1) is 0 Å². The summed E-state index contributed by atoms with van der Waals surface area (Å²) in [7, 11) is 0. The summed E-state index contributed by atoms with van der Waals surface area (Å²) in [5, 5.41) is 19.4. The topological polar surface area (TPSA) is 110 Å². The van der Waals surface area contributed by atoms with Crippen molar-refractivity contribution in [2.24, 2.45) is 11.7 Å². The monoisotopic (exact) mass is 233 g/mol. The summed E-state index contributed by atoms with van der Waals surface area (Å²) in [5.74, 6) is -2.85. The number of nitrogens with two attached hydrogens (primary N) is 1. The van der Waals surface area contributed by atoms with Crippen molar-refractivity contribution in [2.75, 3.05) is 6.54 Å². The minimum absolute atomic E-state index is 0.495. The molecule has 2 N–H and O–H groups in total. The lowest BCUT2D eigenvalue weighted by Crippen LogP contribution is -2.31. The third kappa shape index (κ3) is 3.28. The average molecular weight is 233 g/mol. The molecule has 2 atom stereocenters. The SMILES string of the molecule is N#CC(C(N)=O)C(C[N+](=O)[O-])c1ccccc1. The van der Waals surface area contributed by atoms with E-state index in [9.17, 15) is 14.9 Å². The molecule has 6 heteroatoms. The van der Waals surface area contributed by atoms with E-state index in [1.54, 1.807) is 36.4 Å². The van der Waals surface area contributed by atoms with Gasteiger partial charge in [-0.1, -0.05) is 30.3 Å². The van der Waals surface area contributed by atoms with Crippen LogP contribution in [0.4, 0.5) is 0 Å². The van der Waals surface area contributed by atoms with Gasteiger partial charge in [-0.05, 0) is 5.56 Å². The number of carbonyl (C=O) groups excluding carboxylic acids is 1. The van der Waals surface area contributed by atoms with Crippen LogP contribution in [-0.4, -0.2) is 17.4 Å². The first-order valence-corrected chi connectivity index (χ1v) is 4.92. The summed E-state index contributed by atoms with van der Waals surface area (Å²) in [4.78, 5) is 21.1. The van der Waals surface area contributed by atoms with Crippen LogP contribution in [-0.2, 0) is 4.79 Å². The van der Waals surface area contributed by atoms with Crippen molar-refractivity contribution in [1.82, 2.24) is 0 Å². The number of nitrogens with zero attached hydrogens (tertiary/aromatic N) is 2. The van der Waals surface area contributed by atoms with Crippen LogP contribution < -0.4 is 5.73 Å². The summed E-state index contributed by atoms with van der Waals surface area (Å²) in [6.07, 6.45) is 0. The lowest BCUT2D eigenvalue weighted by atomic mass is 9.86. The number of benzene rings is 1. The van der Waals surface area contributed by atoms with Gasteiger partial charge in [0.2, 0.25) is 12.5 Å². The van der Waals surface area contributed by atoms with Crippen LogP contribution in [0.2, 0.25) is 0 Å². The predicted molar refractivity (Wildman–Crippen MR) is 59.3 cm³/mol. The molecule has 6 nitrogen and oxygen atoms in total. The zero-order valence-electron chi connectivity index (χ0n) is 8.95. The molecular weight excluding hydrogens is 222 g/mol. The molecule has 2 unspecified atom stereocenters. The van der Waals surface area contributed by atoms with Crippen LogP contribution in [0, 0.1) is 27.4 Å².